The number of pyridine rings is 2. The Kier molecular flexibility index (Phi) is 10.8. The van der Waals surface area contributed by atoms with Crippen molar-refractivity contribution in [1.82, 2.24) is 9.97 Å². The van der Waals surface area contributed by atoms with E-state index in [1.807, 2.05) is 54.9 Å². The second kappa shape index (κ2) is 15.4. The van der Waals surface area contributed by atoms with Gasteiger partial charge in [0.05, 0.1) is 10.9 Å². The first-order valence-electron chi connectivity index (χ1n) is 17.6. The summed E-state index contributed by atoms with van der Waals surface area (Å²) in [7, 11) is 2.43. The molecule has 4 bridgehead atoms. The van der Waals surface area contributed by atoms with Crippen LogP contribution in [0.5, 0.6) is 0 Å². The Labute approximate surface area is 306 Å². The zero-order valence-corrected chi connectivity index (χ0v) is 31.0. The molecule has 49 heavy (non-hydrogen) atoms. The van der Waals surface area contributed by atoms with Crippen molar-refractivity contribution in [3.63, 3.8) is 0 Å². The molecule has 6 aromatic rings. The summed E-state index contributed by atoms with van der Waals surface area (Å²) in [5.74, 6) is 3.30. The molecular formula is C44H44FeN2P2. The molecule has 248 valence electrons. The van der Waals surface area contributed by atoms with Gasteiger partial charge < -0.3 is 0 Å². The van der Waals surface area contributed by atoms with Crippen molar-refractivity contribution >= 4 is 28.0 Å². The van der Waals surface area contributed by atoms with Crippen molar-refractivity contribution in [1.29, 1.82) is 0 Å². The predicted octanol–water partition coefficient (Wildman–Crippen LogP) is 10.1. The Morgan fingerprint density at radius 1 is 0.735 bits per heavy atom. The topological polar surface area (TPSA) is 25.8 Å². The normalized spacial score (nSPS) is 23.5. The molecule has 10 rings (SSSR count). The molecule has 4 unspecified atom stereocenters. The molecule has 5 heteroatoms. The maximum atomic E-state index is 4.94. The Morgan fingerprint density at radius 3 is 1.86 bits per heavy atom. The van der Waals surface area contributed by atoms with Crippen LogP contribution in [0.2, 0.25) is 0 Å². The molecule has 4 aliphatic rings. The van der Waals surface area contributed by atoms with Gasteiger partial charge in [-0.15, -0.1) is 38.6 Å². The number of hydrogen-bond donors (Lipinski definition) is 0. The first-order valence-corrected chi connectivity index (χ1v) is 20.0. The van der Waals surface area contributed by atoms with Gasteiger partial charge in [-0.2, -0.15) is 18.2 Å². The summed E-state index contributed by atoms with van der Waals surface area (Å²) in [6.07, 6.45) is 13.1. The van der Waals surface area contributed by atoms with E-state index < -0.39 is 7.92 Å². The third-order valence-corrected chi connectivity index (χ3v) is 14.1. The quantitative estimate of drug-likeness (QED) is 0.0890. The number of hydrogen-bond acceptors (Lipinski definition) is 2. The Morgan fingerprint density at radius 2 is 1.33 bits per heavy atom. The van der Waals surface area contributed by atoms with E-state index in [-0.39, 0.29) is 22.5 Å². The molecule has 4 fully saturated rings. The minimum Gasteiger partial charge on any atom is -0.256 e. The Balaban J connectivity index is 0.000000581. The van der Waals surface area contributed by atoms with E-state index in [4.69, 9.17) is 9.97 Å². The van der Waals surface area contributed by atoms with Crippen molar-refractivity contribution in [2.45, 2.75) is 43.7 Å². The minimum absolute atomic E-state index is 0. The van der Waals surface area contributed by atoms with Gasteiger partial charge in [0.2, 0.25) is 0 Å². The molecule has 2 nitrogen and oxygen atoms in total. The Bertz CT molecular complexity index is 1820. The number of rotatable bonds is 8. The number of benzene rings is 2. The average molecular weight is 719 g/mol. The van der Waals surface area contributed by atoms with Gasteiger partial charge in [0, 0.05) is 12.4 Å². The van der Waals surface area contributed by atoms with Crippen LogP contribution in [0.1, 0.15) is 43.2 Å². The summed E-state index contributed by atoms with van der Waals surface area (Å²) in [4.78, 5) is 9.87. The third-order valence-electron chi connectivity index (χ3n) is 11.3. The second-order valence-corrected chi connectivity index (χ2v) is 16.7. The van der Waals surface area contributed by atoms with E-state index in [9.17, 15) is 0 Å². The van der Waals surface area contributed by atoms with Crippen LogP contribution in [-0.2, 0) is 28.6 Å². The molecule has 0 saturated heterocycles. The zero-order chi connectivity index (χ0) is 32.3. The molecule has 0 N–H and O–H groups in total. The molecule has 4 aromatic carbocycles. The molecule has 2 aromatic heterocycles. The molecule has 4 atom stereocenters. The van der Waals surface area contributed by atoms with E-state index >= 15 is 0 Å². The summed E-state index contributed by atoms with van der Waals surface area (Å²) in [6, 6.07) is 47.8. The van der Waals surface area contributed by atoms with E-state index in [2.05, 4.69) is 100 Å². The van der Waals surface area contributed by atoms with Crippen molar-refractivity contribution in [3.8, 4) is 22.3 Å². The van der Waals surface area contributed by atoms with Crippen LogP contribution in [0.3, 0.4) is 0 Å². The number of aromatic nitrogens is 2. The predicted molar refractivity (Wildman–Crippen MR) is 207 cm³/mol. The average Bonchev–Trinajstić information content (AvgIpc) is 3.85. The van der Waals surface area contributed by atoms with E-state index in [0.717, 1.165) is 23.9 Å². The first kappa shape index (κ1) is 34.3. The number of nitrogens with zero attached hydrogens (tertiary/aromatic N) is 2. The molecule has 0 amide bonds. The SMILES string of the molecule is PCC1C2CC3CC(C2)CC1(c1c(CP(c2ccccn2)c2ccccn2)cc(-c2ccccc2)[c-]1-c1ccccc1)C3.[Fe+2].c1cc[cH-]c1. The summed E-state index contributed by atoms with van der Waals surface area (Å²) in [5, 5.41) is 0. The first-order chi connectivity index (χ1) is 23.7. The van der Waals surface area contributed by atoms with Gasteiger partial charge in [-0.1, -0.05) is 82.9 Å². The maximum Gasteiger partial charge on any atom is 2.00 e. The van der Waals surface area contributed by atoms with Gasteiger partial charge in [0.1, 0.15) is 0 Å². The van der Waals surface area contributed by atoms with Crippen molar-refractivity contribution in [2.24, 2.45) is 23.7 Å². The summed E-state index contributed by atoms with van der Waals surface area (Å²) >= 11 is 0. The fourth-order valence-corrected chi connectivity index (χ4v) is 12.7. The molecule has 4 saturated carbocycles. The van der Waals surface area contributed by atoms with Crippen LogP contribution in [0, 0.1) is 23.7 Å². The largest absolute Gasteiger partial charge is 2.00 e. The van der Waals surface area contributed by atoms with Gasteiger partial charge in [0.15, 0.2) is 0 Å². The van der Waals surface area contributed by atoms with Gasteiger partial charge in [-0.3, -0.25) is 9.97 Å². The maximum absolute atomic E-state index is 4.94. The van der Waals surface area contributed by atoms with Crippen LogP contribution in [0.4, 0.5) is 0 Å². The monoisotopic (exact) mass is 718 g/mol. The minimum atomic E-state index is -0.768. The summed E-state index contributed by atoms with van der Waals surface area (Å²) < 4.78 is 0. The summed E-state index contributed by atoms with van der Waals surface area (Å²) in [6.45, 7) is 0. The van der Waals surface area contributed by atoms with E-state index in [1.165, 1.54) is 77.0 Å². The Hall–Kier alpha value is -3.18. The molecule has 2 heterocycles. The smallest absolute Gasteiger partial charge is 0.256 e. The molecule has 0 spiro atoms. The van der Waals surface area contributed by atoms with E-state index in [0.29, 0.717) is 5.92 Å². The zero-order valence-electron chi connectivity index (χ0n) is 27.9. The van der Waals surface area contributed by atoms with Crippen LogP contribution in [-0.4, -0.2) is 16.1 Å². The molecular weight excluding hydrogens is 674 g/mol. The molecule has 4 aliphatic carbocycles. The van der Waals surface area contributed by atoms with Crippen molar-refractivity contribution < 1.29 is 17.1 Å². The molecule has 0 radical (unpaired) electrons. The van der Waals surface area contributed by atoms with Gasteiger partial charge >= 0.3 is 17.1 Å². The van der Waals surface area contributed by atoms with Crippen LogP contribution in [0.15, 0.2) is 146 Å². The van der Waals surface area contributed by atoms with Gasteiger partial charge in [-0.05, 0) is 106 Å². The van der Waals surface area contributed by atoms with Crippen LogP contribution in [0.25, 0.3) is 22.3 Å². The van der Waals surface area contributed by atoms with Crippen molar-refractivity contribution in [2.75, 3.05) is 6.16 Å². The van der Waals surface area contributed by atoms with Gasteiger partial charge in [0.25, 0.3) is 0 Å². The summed E-state index contributed by atoms with van der Waals surface area (Å²) in [5.41, 5.74) is 11.3. The second-order valence-electron chi connectivity index (χ2n) is 14.1. The third kappa shape index (κ3) is 6.81. The van der Waals surface area contributed by atoms with Gasteiger partial charge in [-0.25, -0.2) is 12.1 Å². The fourth-order valence-electron chi connectivity index (χ4n) is 9.81. The molecule has 0 aliphatic heterocycles. The fraction of sp³-hybridized carbons (Fsp3) is 0.273. The van der Waals surface area contributed by atoms with Crippen molar-refractivity contribution in [3.05, 3.63) is 157 Å². The van der Waals surface area contributed by atoms with E-state index in [1.54, 1.807) is 5.56 Å². The standard InChI is InChI=1S/C39H39N2P2.C5H5.Fe/c42-25-34-31-20-27-19-28(21-31)24-39(34,23-27)38-32(26-43(35-15-7-9-17-40-35)36-16-8-10-18-41-36)22-33(29-11-3-1-4-12-29)37(38)30-13-5-2-6-14-30;1-2-4-5-3-1;/h1-18,22,27-28,31,34H,19-21,23-26,42H2;1-5H;/q2*-1;+2. The van der Waals surface area contributed by atoms with Crippen LogP contribution < -0.4 is 10.9 Å². The van der Waals surface area contributed by atoms with Crippen LogP contribution >= 0.6 is 17.2 Å².